The molecule has 1 aromatic carbocycles. The Morgan fingerprint density at radius 2 is 1.80 bits per heavy atom. The summed E-state index contributed by atoms with van der Waals surface area (Å²) >= 11 is 3.62. The Balaban J connectivity index is 1.46. The average Bonchev–Trinajstić information content (AvgIpc) is 3.61. The Kier molecular flexibility index (Phi) is 10.3. The van der Waals surface area contributed by atoms with Crippen LogP contribution in [-0.2, 0) is 48.0 Å². The van der Waals surface area contributed by atoms with Crippen LogP contribution in [0.5, 0.6) is 0 Å². The van der Waals surface area contributed by atoms with Crippen molar-refractivity contribution in [1.82, 2.24) is 4.57 Å². The number of esters is 3. The van der Waals surface area contributed by atoms with E-state index in [1.165, 1.54) is 18.4 Å². The van der Waals surface area contributed by atoms with Crippen molar-refractivity contribution in [2.75, 3.05) is 37.1 Å². The lowest BCUT2D eigenvalue weighted by Gasteiger charge is -2.07. The molecule has 2 heterocycles. The van der Waals surface area contributed by atoms with Gasteiger partial charge >= 0.3 is 17.9 Å². The SMILES string of the molecule is CCOC(=O)Cn1c(=NC(=O)CSCC(=O)Nc2sc3c(c2C(=O)OCC)CCC3)sc2cc(C(=O)OC)ccc21. The van der Waals surface area contributed by atoms with Crippen molar-refractivity contribution < 1.29 is 38.2 Å². The molecule has 0 fully saturated rings. The molecule has 218 valence electrons. The van der Waals surface area contributed by atoms with Gasteiger partial charge in [-0.3, -0.25) is 14.4 Å². The second-order valence-corrected chi connectivity index (χ2v) is 11.9. The van der Waals surface area contributed by atoms with Crippen molar-refractivity contribution in [3.8, 4) is 0 Å². The van der Waals surface area contributed by atoms with Gasteiger partial charge in [-0.25, -0.2) is 9.59 Å². The molecule has 1 N–H and O–H groups in total. The van der Waals surface area contributed by atoms with Gasteiger partial charge in [0.1, 0.15) is 11.5 Å². The van der Waals surface area contributed by atoms with Gasteiger partial charge in [-0.05, 0) is 56.9 Å². The zero-order valence-electron chi connectivity index (χ0n) is 22.8. The number of hydrogen-bond donors (Lipinski definition) is 1. The third kappa shape index (κ3) is 7.24. The van der Waals surface area contributed by atoms with Crippen LogP contribution in [0.4, 0.5) is 5.00 Å². The smallest absolute Gasteiger partial charge is 0.341 e. The van der Waals surface area contributed by atoms with Crippen molar-refractivity contribution in [1.29, 1.82) is 0 Å². The summed E-state index contributed by atoms with van der Waals surface area (Å²) < 4.78 is 17.2. The molecule has 0 saturated carbocycles. The summed E-state index contributed by atoms with van der Waals surface area (Å²) in [4.78, 5) is 67.7. The maximum atomic E-state index is 12.7. The number of thioether (sulfide) groups is 1. The molecule has 0 unspecified atom stereocenters. The molecule has 2 amide bonds. The molecule has 0 bridgehead atoms. The number of aromatic nitrogens is 1. The number of benzene rings is 1. The van der Waals surface area contributed by atoms with Gasteiger partial charge in [-0.2, -0.15) is 4.99 Å². The van der Waals surface area contributed by atoms with Crippen LogP contribution in [0.25, 0.3) is 10.2 Å². The summed E-state index contributed by atoms with van der Waals surface area (Å²) in [6, 6.07) is 4.84. The highest BCUT2D eigenvalue weighted by Crippen LogP contribution is 2.39. The number of aryl methyl sites for hydroxylation is 1. The van der Waals surface area contributed by atoms with Crippen molar-refractivity contribution in [2.24, 2.45) is 4.99 Å². The lowest BCUT2D eigenvalue weighted by molar-refractivity contribution is -0.143. The fourth-order valence-corrected chi connectivity index (χ4v) is 7.31. The number of thiazole rings is 1. The molecular formula is C27H29N3O8S3. The Labute approximate surface area is 247 Å². The second-order valence-electron chi connectivity index (χ2n) is 8.78. The maximum Gasteiger partial charge on any atom is 0.341 e. The van der Waals surface area contributed by atoms with E-state index < -0.39 is 23.8 Å². The van der Waals surface area contributed by atoms with Gasteiger partial charge in [-0.1, -0.05) is 11.3 Å². The summed E-state index contributed by atoms with van der Waals surface area (Å²) in [5, 5.41) is 3.29. The second kappa shape index (κ2) is 13.9. The predicted octanol–water partition coefficient (Wildman–Crippen LogP) is 3.58. The minimum Gasteiger partial charge on any atom is -0.465 e. The van der Waals surface area contributed by atoms with Gasteiger partial charge in [0.25, 0.3) is 5.91 Å². The Morgan fingerprint density at radius 3 is 2.54 bits per heavy atom. The van der Waals surface area contributed by atoms with E-state index in [0.29, 0.717) is 26.3 Å². The van der Waals surface area contributed by atoms with Gasteiger partial charge in [0.2, 0.25) is 5.91 Å². The van der Waals surface area contributed by atoms with Gasteiger partial charge < -0.3 is 24.1 Å². The number of rotatable bonds is 11. The quantitative estimate of drug-likeness (QED) is 0.252. The standard InChI is InChI=1S/C27H29N3O8S3/c1-4-37-22(33)12-30-17-10-9-15(25(34)36-3)11-19(17)41-27(30)29-21(32)14-39-13-20(31)28-24-23(26(35)38-5-2)16-7-6-8-18(16)40-24/h9-11H,4-8,12-14H2,1-3H3,(H,28,31). The lowest BCUT2D eigenvalue weighted by atomic mass is 10.1. The Morgan fingerprint density at radius 1 is 1.02 bits per heavy atom. The van der Waals surface area contributed by atoms with E-state index in [1.807, 2.05) is 0 Å². The first-order valence-electron chi connectivity index (χ1n) is 12.9. The molecule has 3 aromatic rings. The molecule has 11 nitrogen and oxygen atoms in total. The van der Waals surface area contributed by atoms with E-state index in [9.17, 15) is 24.0 Å². The van der Waals surface area contributed by atoms with Crippen LogP contribution in [0.2, 0.25) is 0 Å². The van der Waals surface area contributed by atoms with Crippen LogP contribution in [-0.4, -0.2) is 66.1 Å². The molecule has 1 aliphatic carbocycles. The number of hydrogen-bond acceptors (Lipinski definition) is 11. The number of methoxy groups -OCH3 is 1. The predicted molar refractivity (Wildman–Crippen MR) is 157 cm³/mol. The molecule has 0 aliphatic heterocycles. The van der Waals surface area contributed by atoms with Crippen molar-refractivity contribution in [3.63, 3.8) is 0 Å². The summed E-state index contributed by atoms with van der Waals surface area (Å²) in [5.74, 6) is -2.40. The van der Waals surface area contributed by atoms with Crippen LogP contribution in [0.15, 0.2) is 23.2 Å². The molecule has 4 rings (SSSR count). The van der Waals surface area contributed by atoms with Crippen LogP contribution in [0, 0.1) is 0 Å². The van der Waals surface area contributed by atoms with Crippen LogP contribution in [0.3, 0.4) is 0 Å². The van der Waals surface area contributed by atoms with Crippen LogP contribution < -0.4 is 10.1 Å². The van der Waals surface area contributed by atoms with Gasteiger partial charge in [0.15, 0.2) is 4.80 Å². The molecule has 0 saturated heterocycles. The van der Waals surface area contributed by atoms with E-state index in [2.05, 4.69) is 10.3 Å². The first-order valence-corrected chi connectivity index (χ1v) is 15.7. The van der Waals surface area contributed by atoms with Gasteiger partial charge in [0, 0.05) is 4.88 Å². The minimum absolute atomic E-state index is 0.0240. The number of nitrogens with one attached hydrogen (secondary N) is 1. The molecule has 0 atom stereocenters. The minimum atomic E-state index is -0.511. The van der Waals surface area contributed by atoms with Gasteiger partial charge in [0.05, 0.1) is 53.2 Å². The molecule has 14 heteroatoms. The van der Waals surface area contributed by atoms with E-state index in [0.717, 1.165) is 52.8 Å². The molecule has 1 aliphatic rings. The van der Waals surface area contributed by atoms with E-state index in [4.69, 9.17) is 14.2 Å². The number of thiophene rings is 1. The van der Waals surface area contributed by atoms with Gasteiger partial charge in [-0.15, -0.1) is 23.1 Å². The van der Waals surface area contributed by atoms with E-state index >= 15 is 0 Å². The third-order valence-corrected chi connectivity index (χ3v) is 9.20. The lowest BCUT2D eigenvalue weighted by Crippen LogP contribution is -2.23. The number of fused-ring (bicyclic) bond motifs is 2. The number of nitrogens with zero attached hydrogens (tertiary/aromatic N) is 2. The largest absolute Gasteiger partial charge is 0.465 e. The highest BCUT2D eigenvalue weighted by molar-refractivity contribution is 8.00. The zero-order chi connectivity index (χ0) is 29.5. The van der Waals surface area contributed by atoms with E-state index in [-0.39, 0.29) is 42.0 Å². The highest BCUT2D eigenvalue weighted by atomic mass is 32.2. The fraction of sp³-hybridized carbons (Fsp3) is 0.407. The molecule has 0 radical (unpaired) electrons. The van der Waals surface area contributed by atoms with Crippen LogP contribution >= 0.6 is 34.4 Å². The summed E-state index contributed by atoms with van der Waals surface area (Å²) in [5.41, 5.74) is 2.31. The third-order valence-electron chi connectivity index (χ3n) is 6.03. The fourth-order valence-electron chi connectivity index (χ4n) is 4.34. The zero-order valence-corrected chi connectivity index (χ0v) is 25.2. The molecule has 2 aromatic heterocycles. The van der Waals surface area contributed by atoms with Crippen molar-refractivity contribution in [3.05, 3.63) is 44.6 Å². The normalized spacial score (nSPS) is 12.7. The summed E-state index contributed by atoms with van der Waals surface area (Å²) in [6.45, 7) is 3.71. The van der Waals surface area contributed by atoms with Crippen molar-refractivity contribution >= 4 is 79.4 Å². The van der Waals surface area contributed by atoms with E-state index in [1.54, 1.807) is 36.6 Å². The number of carbonyl (C=O) groups excluding carboxylic acids is 5. The maximum absolute atomic E-state index is 12.7. The summed E-state index contributed by atoms with van der Waals surface area (Å²) in [7, 11) is 1.28. The monoisotopic (exact) mass is 619 g/mol. The first-order chi connectivity index (χ1) is 19.7. The van der Waals surface area contributed by atoms with Crippen molar-refractivity contribution in [2.45, 2.75) is 39.7 Å². The number of carbonyl (C=O) groups is 5. The molecular weight excluding hydrogens is 591 g/mol. The number of anilines is 1. The Hall–Kier alpha value is -3.49. The number of amides is 2. The first kappa shape index (κ1) is 30.5. The highest BCUT2D eigenvalue weighted by Gasteiger charge is 2.28. The molecule has 41 heavy (non-hydrogen) atoms. The topological polar surface area (TPSA) is 142 Å². The number of ether oxygens (including phenoxy) is 3. The average molecular weight is 620 g/mol. The Bertz CT molecular complexity index is 1570. The molecule has 0 spiro atoms. The summed E-state index contributed by atoms with van der Waals surface area (Å²) in [6.07, 6.45) is 2.61. The van der Waals surface area contributed by atoms with Crippen LogP contribution in [0.1, 0.15) is 51.4 Å².